The normalized spacial score (nSPS) is 11.4. The summed E-state index contributed by atoms with van der Waals surface area (Å²) >= 11 is 0. The summed E-state index contributed by atoms with van der Waals surface area (Å²) in [6.45, 7) is 7.03. The average molecular weight is 480 g/mol. The third-order valence-electron chi connectivity index (χ3n) is 3.32. The van der Waals surface area contributed by atoms with E-state index < -0.39 is 5.60 Å². The molecular formula is C18H30FIN4O2. The van der Waals surface area contributed by atoms with Crippen LogP contribution in [0.1, 0.15) is 26.3 Å². The number of aliphatic imine (C=N–C) groups is 1. The number of guanidine groups is 1. The fourth-order valence-electron chi connectivity index (χ4n) is 2.14. The average Bonchev–Trinajstić information content (AvgIpc) is 2.49. The van der Waals surface area contributed by atoms with Crippen molar-refractivity contribution < 1.29 is 13.9 Å². The van der Waals surface area contributed by atoms with E-state index in [0.29, 0.717) is 25.6 Å². The molecule has 26 heavy (non-hydrogen) atoms. The van der Waals surface area contributed by atoms with E-state index in [0.717, 1.165) is 5.56 Å². The number of nitrogens with one attached hydrogen (secondary N) is 1. The molecule has 0 atom stereocenters. The maximum atomic E-state index is 13.3. The van der Waals surface area contributed by atoms with Gasteiger partial charge in [-0.15, -0.1) is 24.0 Å². The Hall–Kier alpha value is -1.58. The summed E-state index contributed by atoms with van der Waals surface area (Å²) in [4.78, 5) is 19.5. The second-order valence-corrected chi connectivity index (χ2v) is 6.86. The van der Waals surface area contributed by atoms with Crippen LogP contribution in [0.25, 0.3) is 0 Å². The van der Waals surface area contributed by atoms with Crippen molar-refractivity contribution in [2.24, 2.45) is 4.99 Å². The van der Waals surface area contributed by atoms with Gasteiger partial charge in [0.05, 0.1) is 0 Å². The molecular weight excluding hydrogens is 450 g/mol. The van der Waals surface area contributed by atoms with Crippen LogP contribution in [-0.4, -0.2) is 61.7 Å². The first-order valence-electron chi connectivity index (χ1n) is 8.22. The Balaban J connectivity index is 0.00000625. The number of benzene rings is 1. The molecule has 148 valence electrons. The molecule has 1 amide bonds. The fourth-order valence-corrected chi connectivity index (χ4v) is 2.14. The van der Waals surface area contributed by atoms with Crippen LogP contribution in [-0.2, 0) is 11.3 Å². The topological polar surface area (TPSA) is 57.2 Å². The van der Waals surface area contributed by atoms with E-state index in [1.807, 2.05) is 38.8 Å². The van der Waals surface area contributed by atoms with Gasteiger partial charge in [0.2, 0.25) is 0 Å². The van der Waals surface area contributed by atoms with Crippen LogP contribution in [0.2, 0.25) is 0 Å². The highest BCUT2D eigenvalue weighted by molar-refractivity contribution is 14.0. The molecule has 0 aliphatic carbocycles. The summed E-state index contributed by atoms with van der Waals surface area (Å²) in [5, 5.41) is 3.19. The van der Waals surface area contributed by atoms with Gasteiger partial charge in [-0.2, -0.15) is 0 Å². The molecule has 1 aromatic carbocycles. The molecule has 0 aliphatic rings. The van der Waals surface area contributed by atoms with Gasteiger partial charge in [0.15, 0.2) is 5.96 Å². The van der Waals surface area contributed by atoms with Crippen LogP contribution >= 0.6 is 24.0 Å². The lowest BCUT2D eigenvalue weighted by atomic mass is 10.2. The van der Waals surface area contributed by atoms with Crippen molar-refractivity contribution in [1.29, 1.82) is 0 Å². The van der Waals surface area contributed by atoms with Gasteiger partial charge in [-0.25, -0.2) is 9.18 Å². The number of rotatable bonds is 5. The highest BCUT2D eigenvalue weighted by Gasteiger charge is 2.19. The monoisotopic (exact) mass is 480 g/mol. The van der Waals surface area contributed by atoms with Gasteiger partial charge in [0.25, 0.3) is 0 Å². The molecule has 1 N–H and O–H groups in total. The minimum Gasteiger partial charge on any atom is -0.444 e. The first-order chi connectivity index (χ1) is 11.6. The molecule has 0 fully saturated rings. The molecule has 0 radical (unpaired) electrons. The van der Waals surface area contributed by atoms with Gasteiger partial charge >= 0.3 is 6.09 Å². The zero-order valence-electron chi connectivity index (χ0n) is 16.4. The van der Waals surface area contributed by atoms with Crippen LogP contribution in [0, 0.1) is 5.82 Å². The Kier molecular flexibility index (Phi) is 10.5. The quantitative estimate of drug-likeness (QED) is 0.399. The lowest BCUT2D eigenvalue weighted by Gasteiger charge is -2.26. The van der Waals surface area contributed by atoms with Crippen molar-refractivity contribution in [3.05, 3.63) is 35.6 Å². The molecule has 0 unspecified atom stereocenters. The lowest BCUT2D eigenvalue weighted by molar-refractivity contribution is 0.0302. The van der Waals surface area contributed by atoms with Crippen LogP contribution in [0.5, 0.6) is 0 Å². The number of nitrogens with zero attached hydrogens (tertiary/aromatic N) is 3. The highest BCUT2D eigenvalue weighted by Crippen LogP contribution is 2.09. The summed E-state index contributed by atoms with van der Waals surface area (Å²) in [7, 11) is 5.24. The third-order valence-corrected chi connectivity index (χ3v) is 3.32. The number of ether oxygens (including phenoxy) is 1. The largest absolute Gasteiger partial charge is 0.444 e. The van der Waals surface area contributed by atoms with E-state index in [1.165, 1.54) is 17.0 Å². The van der Waals surface area contributed by atoms with E-state index >= 15 is 0 Å². The van der Waals surface area contributed by atoms with Crippen molar-refractivity contribution >= 4 is 36.0 Å². The first-order valence-corrected chi connectivity index (χ1v) is 8.22. The van der Waals surface area contributed by atoms with Crippen molar-refractivity contribution in [2.75, 3.05) is 34.2 Å². The molecule has 8 heteroatoms. The minimum atomic E-state index is -0.514. The Morgan fingerprint density at radius 2 is 1.92 bits per heavy atom. The molecule has 1 aromatic rings. The van der Waals surface area contributed by atoms with Gasteiger partial charge in [0.1, 0.15) is 11.4 Å². The van der Waals surface area contributed by atoms with Crippen LogP contribution < -0.4 is 5.32 Å². The molecule has 0 saturated carbocycles. The van der Waals surface area contributed by atoms with Crippen LogP contribution in [0.3, 0.4) is 0 Å². The van der Waals surface area contributed by atoms with Crippen molar-refractivity contribution in [3.63, 3.8) is 0 Å². The van der Waals surface area contributed by atoms with Crippen molar-refractivity contribution in [1.82, 2.24) is 15.1 Å². The summed E-state index contributed by atoms with van der Waals surface area (Å²) in [6.07, 6.45) is -0.364. The van der Waals surface area contributed by atoms with E-state index in [2.05, 4.69) is 10.3 Å². The molecule has 0 aromatic heterocycles. The third kappa shape index (κ3) is 9.21. The Bertz CT molecular complexity index is 605. The Morgan fingerprint density at radius 1 is 1.27 bits per heavy atom. The van der Waals surface area contributed by atoms with E-state index in [4.69, 9.17) is 4.74 Å². The first kappa shape index (κ1) is 24.4. The minimum absolute atomic E-state index is 0. The second kappa shape index (κ2) is 11.2. The molecule has 0 saturated heterocycles. The van der Waals surface area contributed by atoms with E-state index in [-0.39, 0.29) is 35.9 Å². The summed E-state index contributed by atoms with van der Waals surface area (Å²) in [6, 6.07) is 6.47. The van der Waals surface area contributed by atoms with Crippen LogP contribution in [0.4, 0.5) is 9.18 Å². The zero-order valence-corrected chi connectivity index (χ0v) is 18.7. The predicted octanol–water partition coefficient (Wildman–Crippen LogP) is 3.32. The predicted molar refractivity (Wildman–Crippen MR) is 114 cm³/mol. The van der Waals surface area contributed by atoms with Crippen LogP contribution in [0.15, 0.2) is 29.3 Å². The number of amides is 1. The maximum absolute atomic E-state index is 13.3. The Morgan fingerprint density at radius 3 is 2.46 bits per heavy atom. The Labute approximate surface area is 172 Å². The molecule has 0 heterocycles. The van der Waals surface area contributed by atoms with Gasteiger partial charge in [-0.1, -0.05) is 12.1 Å². The number of halogens is 2. The molecule has 0 bridgehead atoms. The summed E-state index contributed by atoms with van der Waals surface area (Å²) < 4.78 is 18.6. The van der Waals surface area contributed by atoms with Gasteiger partial charge < -0.3 is 19.9 Å². The number of likely N-dealkylation sites (N-methyl/N-ethyl adjacent to an activating group) is 1. The lowest BCUT2D eigenvalue weighted by Crippen LogP contribution is -2.43. The maximum Gasteiger partial charge on any atom is 0.410 e. The van der Waals surface area contributed by atoms with E-state index in [9.17, 15) is 9.18 Å². The standard InChI is InChI=1S/C18H29FN4O2.HI/c1-18(2,3)25-17(24)22(5)11-10-21-16(20-4)23(6)13-14-8-7-9-15(19)12-14;/h7-9,12H,10-11,13H2,1-6H3,(H,20,21);1H. The number of carbonyl (C=O) groups excluding carboxylic acids is 1. The van der Waals surface area contributed by atoms with Crippen molar-refractivity contribution in [3.8, 4) is 0 Å². The number of hydrogen-bond acceptors (Lipinski definition) is 3. The second-order valence-electron chi connectivity index (χ2n) is 6.86. The molecule has 0 spiro atoms. The van der Waals surface area contributed by atoms with Gasteiger partial charge in [0, 0.05) is 40.8 Å². The van der Waals surface area contributed by atoms with Crippen molar-refractivity contribution in [2.45, 2.75) is 32.9 Å². The number of carbonyl (C=O) groups is 1. The summed E-state index contributed by atoms with van der Waals surface area (Å²) in [5.74, 6) is 0.412. The fraction of sp³-hybridized carbons (Fsp3) is 0.556. The summed E-state index contributed by atoms with van der Waals surface area (Å²) in [5.41, 5.74) is 0.344. The van der Waals surface area contributed by atoms with Gasteiger partial charge in [-0.3, -0.25) is 4.99 Å². The molecule has 6 nitrogen and oxygen atoms in total. The zero-order chi connectivity index (χ0) is 19.0. The van der Waals surface area contributed by atoms with E-state index in [1.54, 1.807) is 20.2 Å². The molecule has 1 rings (SSSR count). The van der Waals surface area contributed by atoms with Gasteiger partial charge in [-0.05, 0) is 38.5 Å². The smallest absolute Gasteiger partial charge is 0.410 e. The highest BCUT2D eigenvalue weighted by atomic mass is 127. The molecule has 0 aliphatic heterocycles. The SMILES string of the molecule is CN=C(NCCN(C)C(=O)OC(C)(C)C)N(C)Cc1cccc(F)c1.I. The number of hydrogen-bond donors (Lipinski definition) is 1.